The molecule has 0 spiro atoms. The Morgan fingerprint density at radius 3 is 2.61 bits per heavy atom. The number of anilines is 3. The monoisotopic (exact) mass is 374 g/mol. The van der Waals surface area contributed by atoms with Gasteiger partial charge in [-0.15, -0.1) is 0 Å². The molecule has 3 N–H and O–H groups in total. The highest BCUT2D eigenvalue weighted by Crippen LogP contribution is 2.27. The second-order valence-electron chi connectivity index (χ2n) is 6.60. The molecule has 0 saturated heterocycles. The summed E-state index contributed by atoms with van der Waals surface area (Å²) < 4.78 is 1.76. The minimum absolute atomic E-state index is 0.176. The molecule has 4 aromatic rings. The molecule has 0 radical (unpaired) electrons. The van der Waals surface area contributed by atoms with E-state index in [1.54, 1.807) is 17.1 Å². The number of aromatic nitrogens is 4. The number of aromatic amines is 1. The molecule has 0 aliphatic carbocycles. The third kappa shape index (κ3) is 3.46. The first-order chi connectivity index (χ1) is 13.7. The third-order valence-corrected chi connectivity index (χ3v) is 4.56. The van der Waals surface area contributed by atoms with Crippen molar-refractivity contribution in [3.05, 3.63) is 65.2 Å². The van der Waals surface area contributed by atoms with Gasteiger partial charge < -0.3 is 15.6 Å². The second-order valence-corrected chi connectivity index (χ2v) is 6.60. The zero-order chi connectivity index (χ0) is 19.5. The number of nitrogens with zero attached hydrogens (tertiary/aromatic N) is 3. The van der Waals surface area contributed by atoms with E-state index >= 15 is 0 Å². The van der Waals surface area contributed by atoms with Crippen LogP contribution in [0.15, 0.2) is 59.7 Å². The lowest BCUT2D eigenvalue weighted by molar-refractivity contribution is 0.773. The quantitative estimate of drug-likeness (QED) is 0.477. The van der Waals surface area contributed by atoms with Gasteiger partial charge in [-0.25, -0.2) is 4.98 Å². The highest BCUT2D eigenvalue weighted by molar-refractivity contribution is 5.95. The van der Waals surface area contributed by atoms with Crippen molar-refractivity contribution < 1.29 is 0 Å². The molecule has 4 rings (SSSR count). The molecular formula is C21H22N6O. The summed E-state index contributed by atoms with van der Waals surface area (Å²) in [4.78, 5) is 19.9. The molecule has 0 saturated carbocycles. The van der Waals surface area contributed by atoms with Gasteiger partial charge in [-0.1, -0.05) is 6.92 Å². The van der Waals surface area contributed by atoms with E-state index < -0.39 is 0 Å². The highest BCUT2D eigenvalue weighted by atomic mass is 16.1. The zero-order valence-electron chi connectivity index (χ0n) is 15.9. The fourth-order valence-electron chi connectivity index (χ4n) is 3.14. The van der Waals surface area contributed by atoms with Crippen molar-refractivity contribution in [2.24, 2.45) is 7.05 Å². The Labute approximate surface area is 162 Å². The lowest BCUT2D eigenvalue weighted by atomic mass is 10.1. The zero-order valence-corrected chi connectivity index (χ0v) is 15.9. The molecule has 3 aromatic heterocycles. The van der Waals surface area contributed by atoms with E-state index in [0.717, 1.165) is 41.1 Å². The summed E-state index contributed by atoms with van der Waals surface area (Å²) in [6.07, 6.45) is 4.45. The molecule has 0 aliphatic heterocycles. The van der Waals surface area contributed by atoms with Gasteiger partial charge in [0.25, 0.3) is 5.56 Å². The van der Waals surface area contributed by atoms with E-state index in [1.807, 2.05) is 49.5 Å². The van der Waals surface area contributed by atoms with Gasteiger partial charge in [-0.3, -0.25) is 9.48 Å². The minimum atomic E-state index is -0.176. The maximum Gasteiger partial charge on any atom is 0.259 e. The first-order valence-corrected chi connectivity index (χ1v) is 9.27. The van der Waals surface area contributed by atoms with Crippen LogP contribution in [0.25, 0.3) is 22.2 Å². The van der Waals surface area contributed by atoms with Crippen LogP contribution >= 0.6 is 0 Å². The largest absolute Gasteiger partial charge is 0.385 e. The topological polar surface area (TPSA) is 87.6 Å². The maximum absolute atomic E-state index is 12.5. The van der Waals surface area contributed by atoms with Crippen LogP contribution in [0.5, 0.6) is 0 Å². The van der Waals surface area contributed by atoms with Crippen LogP contribution in [-0.4, -0.2) is 26.3 Å². The van der Waals surface area contributed by atoms with Crippen LogP contribution in [0.4, 0.5) is 17.2 Å². The van der Waals surface area contributed by atoms with Crippen LogP contribution in [-0.2, 0) is 7.05 Å². The molecule has 0 amide bonds. The first kappa shape index (κ1) is 17.8. The summed E-state index contributed by atoms with van der Waals surface area (Å²) in [6.45, 7) is 3.06. The van der Waals surface area contributed by atoms with Crippen LogP contribution in [0.2, 0.25) is 0 Å². The van der Waals surface area contributed by atoms with Crippen LogP contribution < -0.4 is 16.2 Å². The van der Waals surface area contributed by atoms with E-state index in [1.165, 1.54) is 0 Å². The summed E-state index contributed by atoms with van der Waals surface area (Å²) in [5.74, 6) is 0.518. The summed E-state index contributed by atoms with van der Waals surface area (Å²) in [6, 6.07) is 13.6. The molecule has 7 nitrogen and oxygen atoms in total. The predicted molar refractivity (Wildman–Crippen MR) is 113 cm³/mol. The molecule has 28 heavy (non-hydrogen) atoms. The number of nitrogens with one attached hydrogen (secondary N) is 3. The van der Waals surface area contributed by atoms with Crippen LogP contribution in [0, 0.1) is 0 Å². The molecule has 3 heterocycles. The average Bonchev–Trinajstić information content (AvgIpc) is 3.13. The van der Waals surface area contributed by atoms with Gasteiger partial charge in [0.15, 0.2) is 0 Å². The summed E-state index contributed by atoms with van der Waals surface area (Å²) >= 11 is 0. The van der Waals surface area contributed by atoms with Gasteiger partial charge >= 0.3 is 0 Å². The van der Waals surface area contributed by atoms with E-state index in [0.29, 0.717) is 11.2 Å². The van der Waals surface area contributed by atoms with Crippen LogP contribution in [0.1, 0.15) is 13.3 Å². The van der Waals surface area contributed by atoms with Crippen molar-refractivity contribution >= 4 is 28.0 Å². The van der Waals surface area contributed by atoms with E-state index in [-0.39, 0.29) is 5.56 Å². The third-order valence-electron chi connectivity index (χ3n) is 4.56. The molecule has 1 aromatic carbocycles. The lowest BCUT2D eigenvalue weighted by Gasteiger charge is -2.12. The maximum atomic E-state index is 12.5. The van der Waals surface area contributed by atoms with Crippen molar-refractivity contribution in [2.75, 3.05) is 17.2 Å². The standard InChI is InChI=1S/C21H22N6O/c1-3-10-22-15-4-6-16(7-5-15)25-20-19-14(8-11-23-21(19)28)13-17(26-20)18-9-12-24-27(18)2/h4-9,11-13,22H,3,10H2,1-2H3,(H,23,28)(H,25,26). The molecule has 142 valence electrons. The van der Waals surface area contributed by atoms with Crippen molar-refractivity contribution in [3.8, 4) is 11.4 Å². The molecule has 0 bridgehead atoms. The van der Waals surface area contributed by atoms with E-state index in [9.17, 15) is 4.79 Å². The smallest absolute Gasteiger partial charge is 0.259 e. The number of fused-ring (bicyclic) bond motifs is 1. The summed E-state index contributed by atoms with van der Waals surface area (Å²) in [5.41, 5.74) is 3.38. The number of benzene rings is 1. The summed E-state index contributed by atoms with van der Waals surface area (Å²) in [7, 11) is 1.87. The van der Waals surface area contributed by atoms with Gasteiger partial charge in [-0.05, 0) is 54.3 Å². The number of hydrogen-bond acceptors (Lipinski definition) is 5. The molecule has 0 fully saturated rings. The number of H-pyrrole nitrogens is 1. The van der Waals surface area contributed by atoms with E-state index in [4.69, 9.17) is 4.98 Å². The van der Waals surface area contributed by atoms with Crippen molar-refractivity contribution in [1.29, 1.82) is 0 Å². The Hall–Kier alpha value is -3.61. The highest BCUT2D eigenvalue weighted by Gasteiger charge is 2.13. The Bertz CT molecular complexity index is 1160. The lowest BCUT2D eigenvalue weighted by Crippen LogP contribution is -2.09. The number of hydrogen-bond donors (Lipinski definition) is 3. The Morgan fingerprint density at radius 2 is 1.89 bits per heavy atom. The minimum Gasteiger partial charge on any atom is -0.385 e. The molecular weight excluding hydrogens is 352 g/mol. The van der Waals surface area contributed by atoms with Gasteiger partial charge in [0, 0.05) is 37.4 Å². The summed E-state index contributed by atoms with van der Waals surface area (Å²) in [5, 5.41) is 12.2. The number of aryl methyl sites for hydroxylation is 1. The fraction of sp³-hybridized carbons (Fsp3) is 0.190. The molecule has 0 unspecified atom stereocenters. The number of rotatable bonds is 6. The normalized spacial score (nSPS) is 10.9. The van der Waals surface area contributed by atoms with Crippen molar-refractivity contribution in [1.82, 2.24) is 19.7 Å². The fourth-order valence-corrected chi connectivity index (χ4v) is 3.14. The predicted octanol–water partition coefficient (Wildman–Crippen LogP) is 3.89. The van der Waals surface area contributed by atoms with Gasteiger partial charge in [0.05, 0.1) is 16.8 Å². The van der Waals surface area contributed by atoms with Crippen LogP contribution in [0.3, 0.4) is 0 Å². The molecule has 0 aliphatic rings. The average molecular weight is 374 g/mol. The molecule has 0 atom stereocenters. The SMILES string of the molecule is CCCNc1ccc(Nc2nc(-c3ccnn3C)cc3cc[nH]c(=O)c23)cc1. The van der Waals surface area contributed by atoms with Gasteiger partial charge in [-0.2, -0.15) is 5.10 Å². The van der Waals surface area contributed by atoms with Gasteiger partial charge in [0.2, 0.25) is 0 Å². The van der Waals surface area contributed by atoms with Crippen molar-refractivity contribution in [2.45, 2.75) is 13.3 Å². The Kier molecular flexibility index (Phi) is 4.80. The molecule has 7 heteroatoms. The Balaban J connectivity index is 1.76. The van der Waals surface area contributed by atoms with Crippen molar-refractivity contribution in [3.63, 3.8) is 0 Å². The van der Waals surface area contributed by atoms with E-state index in [2.05, 4.69) is 27.6 Å². The Morgan fingerprint density at radius 1 is 1.11 bits per heavy atom. The second kappa shape index (κ2) is 7.56. The number of pyridine rings is 2. The van der Waals surface area contributed by atoms with Gasteiger partial charge in [0.1, 0.15) is 5.82 Å². The first-order valence-electron chi connectivity index (χ1n) is 9.27.